The van der Waals surface area contributed by atoms with E-state index in [4.69, 9.17) is 23.7 Å². The molecule has 0 radical (unpaired) electrons. The van der Waals surface area contributed by atoms with Crippen molar-refractivity contribution in [2.45, 2.75) is 30.5 Å². The first kappa shape index (κ1) is 36.8. The number of rotatable bonds is 13. The zero-order chi connectivity index (χ0) is 38.2. The van der Waals surface area contributed by atoms with Crippen molar-refractivity contribution in [3.05, 3.63) is 190 Å². The van der Waals surface area contributed by atoms with Gasteiger partial charge in [-0.2, -0.15) is 4.98 Å². The van der Waals surface area contributed by atoms with Crippen LogP contribution in [-0.2, 0) is 19.8 Å². The van der Waals surface area contributed by atoms with Crippen molar-refractivity contribution in [3.63, 3.8) is 0 Å². The number of amides is 1. The van der Waals surface area contributed by atoms with Gasteiger partial charge in [-0.05, 0) is 71.3 Å². The molecule has 0 bridgehead atoms. The first-order valence-electron chi connectivity index (χ1n) is 17.7. The molecule has 6 aromatic rings. The summed E-state index contributed by atoms with van der Waals surface area (Å²) in [4.78, 5) is 43.6. The van der Waals surface area contributed by atoms with E-state index in [1.54, 1.807) is 62.8 Å². The second kappa shape index (κ2) is 16.6. The summed E-state index contributed by atoms with van der Waals surface area (Å²) in [5.41, 5.74) is 1.37. The Balaban J connectivity index is 1.27. The van der Waals surface area contributed by atoms with Crippen molar-refractivity contribution in [1.82, 2.24) is 9.55 Å². The van der Waals surface area contributed by atoms with Crippen LogP contribution in [0.3, 0.4) is 0 Å². The third-order valence-electron chi connectivity index (χ3n) is 9.49. The van der Waals surface area contributed by atoms with Crippen LogP contribution in [0.4, 0.5) is 5.82 Å². The van der Waals surface area contributed by atoms with Crippen LogP contribution < -0.4 is 20.5 Å². The van der Waals surface area contributed by atoms with Gasteiger partial charge < -0.3 is 29.0 Å². The highest BCUT2D eigenvalue weighted by Crippen LogP contribution is 2.45. The Morgan fingerprint density at radius 2 is 1.25 bits per heavy atom. The van der Waals surface area contributed by atoms with Crippen molar-refractivity contribution in [2.75, 3.05) is 26.1 Å². The number of hydrogen-bond donors (Lipinski definition) is 1. The molecule has 1 aliphatic heterocycles. The summed E-state index contributed by atoms with van der Waals surface area (Å²) in [6.07, 6.45) is -0.701. The molecule has 7 rings (SSSR count). The monoisotopic (exact) mass is 737 g/mol. The van der Waals surface area contributed by atoms with Gasteiger partial charge in [0, 0.05) is 18.2 Å². The van der Waals surface area contributed by atoms with Crippen molar-refractivity contribution >= 4 is 17.7 Å². The number of carbonyl (C=O) groups is 2. The molecule has 0 saturated carbocycles. The second-order valence-corrected chi connectivity index (χ2v) is 12.8. The summed E-state index contributed by atoms with van der Waals surface area (Å²) in [5, 5.41) is 2.68. The van der Waals surface area contributed by atoms with Gasteiger partial charge in [-0.25, -0.2) is 9.59 Å². The number of nitrogens with zero attached hydrogens (tertiary/aromatic N) is 2. The zero-order valence-corrected chi connectivity index (χ0v) is 30.2. The van der Waals surface area contributed by atoms with Gasteiger partial charge in [-0.15, -0.1) is 0 Å². The highest BCUT2D eigenvalue weighted by Gasteiger charge is 2.47. The summed E-state index contributed by atoms with van der Waals surface area (Å²) in [6, 6.07) is 43.9. The maximum Gasteiger partial charge on any atom is 0.351 e. The van der Waals surface area contributed by atoms with E-state index < -0.39 is 41.6 Å². The number of nitrogens with one attached hydrogen (secondary N) is 1. The smallest absolute Gasteiger partial charge is 0.351 e. The number of anilines is 1. The largest absolute Gasteiger partial charge is 0.497 e. The summed E-state index contributed by atoms with van der Waals surface area (Å²) in [6.45, 7) is -0.168. The molecule has 0 unspecified atom stereocenters. The van der Waals surface area contributed by atoms with Crippen LogP contribution in [0.25, 0.3) is 0 Å². The third-order valence-corrected chi connectivity index (χ3v) is 9.49. The van der Waals surface area contributed by atoms with E-state index in [9.17, 15) is 14.4 Å². The molecule has 1 fully saturated rings. The van der Waals surface area contributed by atoms with E-state index in [2.05, 4.69) is 10.3 Å². The van der Waals surface area contributed by atoms with Crippen molar-refractivity contribution in [3.8, 4) is 11.5 Å². The molecular weight excluding hydrogens is 698 g/mol. The van der Waals surface area contributed by atoms with Crippen LogP contribution in [0, 0.1) is 0 Å². The van der Waals surface area contributed by atoms with Crippen LogP contribution in [0.5, 0.6) is 11.5 Å². The molecule has 11 nitrogen and oxygen atoms in total. The molecule has 1 aliphatic rings. The van der Waals surface area contributed by atoms with Gasteiger partial charge >= 0.3 is 11.7 Å². The minimum absolute atomic E-state index is 0.0938. The maximum absolute atomic E-state index is 13.6. The lowest BCUT2D eigenvalue weighted by molar-refractivity contribution is -0.102. The predicted molar refractivity (Wildman–Crippen MR) is 205 cm³/mol. The lowest BCUT2D eigenvalue weighted by Gasteiger charge is -2.39. The van der Waals surface area contributed by atoms with Crippen molar-refractivity contribution in [1.29, 1.82) is 0 Å². The number of ether oxygens (including phenoxy) is 5. The SMILES string of the molecule is COc1ccc(C(O[C@H]2C[C@H](n3ccc(NC(=O)c4ccccc4)nc3=O)O[C@@H]2COC(=O)c2ccccc2)(c2ccccc2)c2ccc(OC)cc2)cc1. The standard InChI is InChI=1S/C44H39N3O8/c1-51-35-22-18-33(19-23-35)44(32-16-10-5-11-17-32,34-20-24-36(52-2)25-21-34)55-37-28-40(54-38(37)29-53-42(49)31-14-8-4-9-15-31)47-27-26-39(46-43(47)50)45-41(48)30-12-6-3-7-13-30/h3-27,37-38,40H,28-29H2,1-2H3,(H,45,46,48,50)/t37-,38+,40+/m0/s1. The first-order valence-corrected chi connectivity index (χ1v) is 17.7. The number of benzene rings is 5. The fraction of sp³-hybridized carbons (Fsp3) is 0.182. The van der Waals surface area contributed by atoms with Crippen molar-refractivity contribution < 1.29 is 33.3 Å². The van der Waals surface area contributed by atoms with Crippen LogP contribution in [-0.4, -0.2) is 54.5 Å². The van der Waals surface area contributed by atoms with Gasteiger partial charge in [0.25, 0.3) is 5.91 Å². The Bertz CT molecular complexity index is 2220. The summed E-state index contributed by atoms with van der Waals surface area (Å²) < 4.78 is 32.1. The van der Waals surface area contributed by atoms with E-state index in [0.717, 1.165) is 16.7 Å². The van der Waals surface area contributed by atoms with Gasteiger partial charge in [0.1, 0.15) is 41.9 Å². The van der Waals surface area contributed by atoms with Crippen molar-refractivity contribution in [2.24, 2.45) is 0 Å². The number of methoxy groups -OCH3 is 2. The van der Waals surface area contributed by atoms with Crippen LogP contribution in [0.15, 0.2) is 157 Å². The Morgan fingerprint density at radius 1 is 0.727 bits per heavy atom. The molecule has 1 N–H and O–H groups in total. The Hall–Kier alpha value is -6.56. The highest BCUT2D eigenvalue weighted by atomic mass is 16.6. The normalized spacial score (nSPS) is 16.6. The molecule has 2 heterocycles. The lowest BCUT2D eigenvalue weighted by Crippen LogP contribution is -2.41. The molecule has 1 aromatic heterocycles. The molecule has 11 heteroatoms. The maximum atomic E-state index is 13.6. The average Bonchev–Trinajstić information content (AvgIpc) is 3.64. The van der Waals surface area contributed by atoms with Crippen LogP contribution in [0.1, 0.15) is 50.1 Å². The van der Waals surface area contributed by atoms with E-state index in [0.29, 0.717) is 22.6 Å². The molecule has 0 spiro atoms. The molecule has 5 aromatic carbocycles. The van der Waals surface area contributed by atoms with Gasteiger partial charge in [0.05, 0.1) is 25.9 Å². The lowest BCUT2D eigenvalue weighted by atomic mass is 9.79. The minimum atomic E-state index is -1.22. The molecule has 3 atom stereocenters. The van der Waals surface area contributed by atoms with Gasteiger partial charge in [-0.3, -0.25) is 9.36 Å². The Morgan fingerprint density at radius 3 is 1.80 bits per heavy atom. The molecule has 1 saturated heterocycles. The van der Waals surface area contributed by atoms with E-state index >= 15 is 0 Å². The molecule has 1 amide bonds. The summed E-state index contributed by atoms with van der Waals surface area (Å²) in [7, 11) is 3.22. The first-order chi connectivity index (χ1) is 26.9. The fourth-order valence-electron chi connectivity index (χ4n) is 6.70. The number of aromatic nitrogens is 2. The van der Waals surface area contributed by atoms with E-state index in [-0.39, 0.29) is 18.8 Å². The molecule has 55 heavy (non-hydrogen) atoms. The summed E-state index contributed by atoms with van der Waals surface area (Å²) in [5.74, 6) is 0.515. The van der Waals surface area contributed by atoms with Gasteiger partial charge in [0.15, 0.2) is 0 Å². The highest BCUT2D eigenvalue weighted by molar-refractivity contribution is 6.03. The topological polar surface area (TPSA) is 127 Å². The molecule has 278 valence electrons. The van der Waals surface area contributed by atoms with Crippen LogP contribution in [0.2, 0.25) is 0 Å². The molecular formula is C44H39N3O8. The average molecular weight is 738 g/mol. The van der Waals surface area contributed by atoms with Gasteiger partial charge in [0.2, 0.25) is 0 Å². The number of hydrogen-bond acceptors (Lipinski definition) is 9. The Labute approximate surface area is 318 Å². The summed E-state index contributed by atoms with van der Waals surface area (Å²) >= 11 is 0. The number of carbonyl (C=O) groups excluding carboxylic acids is 2. The third kappa shape index (κ3) is 8.03. The second-order valence-electron chi connectivity index (χ2n) is 12.8. The zero-order valence-electron chi connectivity index (χ0n) is 30.2. The minimum Gasteiger partial charge on any atom is -0.497 e. The van der Waals surface area contributed by atoms with E-state index in [1.807, 2.05) is 91.0 Å². The quantitative estimate of drug-likeness (QED) is 0.0982. The molecule has 0 aliphatic carbocycles. The van der Waals surface area contributed by atoms with Crippen LogP contribution >= 0.6 is 0 Å². The van der Waals surface area contributed by atoms with Gasteiger partial charge in [-0.1, -0.05) is 91.0 Å². The fourth-order valence-corrected chi connectivity index (χ4v) is 6.70. The Kier molecular flexibility index (Phi) is 11.1. The number of esters is 1. The predicted octanol–water partition coefficient (Wildman–Crippen LogP) is 7.03. The van der Waals surface area contributed by atoms with E-state index in [1.165, 1.54) is 16.8 Å².